The molecule has 0 saturated heterocycles. The summed E-state index contributed by atoms with van der Waals surface area (Å²) in [7, 11) is 0. The number of hydrogen-bond acceptors (Lipinski definition) is 2. The van der Waals surface area contributed by atoms with Gasteiger partial charge in [0, 0.05) is 19.2 Å². The van der Waals surface area contributed by atoms with Gasteiger partial charge in [-0.1, -0.05) is 26.7 Å². The van der Waals surface area contributed by atoms with E-state index in [-0.39, 0.29) is 0 Å². The lowest BCUT2D eigenvalue weighted by Gasteiger charge is -2.43. The van der Waals surface area contributed by atoms with Crippen LogP contribution in [0.15, 0.2) is 0 Å². The molecule has 1 rings (SSSR count). The molecule has 1 aliphatic rings. The zero-order chi connectivity index (χ0) is 11.1. The third kappa shape index (κ3) is 3.76. The average Bonchev–Trinajstić information content (AvgIpc) is 2.19. The Kier molecular flexibility index (Phi) is 5.62. The Labute approximate surface area is 94.5 Å². The van der Waals surface area contributed by atoms with Gasteiger partial charge in [-0.2, -0.15) is 0 Å². The molecule has 2 heteroatoms. The van der Waals surface area contributed by atoms with E-state index in [0.717, 1.165) is 13.0 Å². The zero-order valence-corrected chi connectivity index (χ0v) is 10.4. The Morgan fingerprint density at radius 2 is 2.07 bits per heavy atom. The molecule has 1 atom stereocenters. The van der Waals surface area contributed by atoms with Gasteiger partial charge in [-0.05, 0) is 37.5 Å². The van der Waals surface area contributed by atoms with Crippen molar-refractivity contribution in [2.24, 2.45) is 5.41 Å². The van der Waals surface area contributed by atoms with E-state index in [1.54, 1.807) is 0 Å². The molecular formula is C13H27NO. The molecule has 2 nitrogen and oxygen atoms in total. The third-order valence-corrected chi connectivity index (χ3v) is 3.95. The molecule has 0 aromatic rings. The zero-order valence-electron chi connectivity index (χ0n) is 10.4. The second-order valence-corrected chi connectivity index (χ2v) is 5.10. The summed E-state index contributed by atoms with van der Waals surface area (Å²) in [6.07, 6.45) is 8.73. The lowest BCUT2D eigenvalue weighted by Crippen LogP contribution is -2.44. The minimum Gasteiger partial charge on any atom is -0.396 e. The summed E-state index contributed by atoms with van der Waals surface area (Å²) in [6.45, 7) is 5.97. The first-order valence-electron chi connectivity index (χ1n) is 6.60. The smallest absolute Gasteiger partial charge is 0.0436 e. The van der Waals surface area contributed by atoms with E-state index in [9.17, 15) is 0 Å². The molecule has 0 amide bonds. The quantitative estimate of drug-likeness (QED) is 0.650. The maximum atomic E-state index is 9.06. The number of nitrogens with one attached hydrogen (secondary N) is 1. The highest BCUT2D eigenvalue weighted by atomic mass is 16.3. The fourth-order valence-electron chi connectivity index (χ4n) is 2.59. The first kappa shape index (κ1) is 13.0. The summed E-state index contributed by atoms with van der Waals surface area (Å²) in [6, 6.07) is 0.686. The van der Waals surface area contributed by atoms with Crippen LogP contribution in [0.4, 0.5) is 0 Å². The van der Waals surface area contributed by atoms with Crippen molar-refractivity contribution >= 4 is 0 Å². The van der Waals surface area contributed by atoms with Gasteiger partial charge >= 0.3 is 0 Å². The van der Waals surface area contributed by atoms with Gasteiger partial charge in [0.1, 0.15) is 0 Å². The minimum absolute atomic E-state index is 0.353. The summed E-state index contributed by atoms with van der Waals surface area (Å²) in [5, 5.41) is 12.8. The predicted molar refractivity (Wildman–Crippen MR) is 65.0 cm³/mol. The van der Waals surface area contributed by atoms with E-state index in [2.05, 4.69) is 19.2 Å². The molecule has 1 unspecified atom stereocenters. The first-order chi connectivity index (χ1) is 7.26. The van der Waals surface area contributed by atoms with Crippen molar-refractivity contribution in [1.29, 1.82) is 0 Å². The molecule has 0 aromatic carbocycles. The molecule has 1 aliphatic carbocycles. The molecule has 0 aromatic heterocycles. The standard InChI is InChI=1S/C13H27NO/c1-3-6-12(4-2)14-11-13(9-10-15)7-5-8-13/h12,14-15H,3-11H2,1-2H3. The van der Waals surface area contributed by atoms with Crippen LogP contribution in [0.5, 0.6) is 0 Å². The second kappa shape index (κ2) is 6.49. The number of aliphatic hydroxyl groups excluding tert-OH is 1. The molecule has 0 heterocycles. The molecular weight excluding hydrogens is 186 g/mol. The first-order valence-corrected chi connectivity index (χ1v) is 6.60. The predicted octanol–water partition coefficient (Wildman–Crippen LogP) is 2.71. The van der Waals surface area contributed by atoms with Crippen molar-refractivity contribution in [3.05, 3.63) is 0 Å². The highest BCUT2D eigenvalue weighted by Crippen LogP contribution is 2.43. The second-order valence-electron chi connectivity index (χ2n) is 5.10. The van der Waals surface area contributed by atoms with Crippen molar-refractivity contribution < 1.29 is 5.11 Å². The monoisotopic (exact) mass is 213 g/mol. The van der Waals surface area contributed by atoms with Crippen LogP contribution in [-0.2, 0) is 0 Å². The largest absolute Gasteiger partial charge is 0.396 e. The van der Waals surface area contributed by atoms with E-state index in [0.29, 0.717) is 18.1 Å². The van der Waals surface area contributed by atoms with Crippen LogP contribution >= 0.6 is 0 Å². The van der Waals surface area contributed by atoms with Crippen LogP contribution in [-0.4, -0.2) is 24.3 Å². The van der Waals surface area contributed by atoms with E-state index in [4.69, 9.17) is 5.11 Å². The summed E-state index contributed by atoms with van der Waals surface area (Å²) >= 11 is 0. The number of aliphatic hydroxyl groups is 1. The topological polar surface area (TPSA) is 32.3 Å². The van der Waals surface area contributed by atoms with Crippen LogP contribution in [0.25, 0.3) is 0 Å². The van der Waals surface area contributed by atoms with Gasteiger partial charge in [-0.3, -0.25) is 0 Å². The normalized spacial score (nSPS) is 21.0. The van der Waals surface area contributed by atoms with Crippen LogP contribution in [0, 0.1) is 5.41 Å². The molecule has 15 heavy (non-hydrogen) atoms. The van der Waals surface area contributed by atoms with E-state index in [1.807, 2.05) is 0 Å². The molecule has 0 bridgehead atoms. The SMILES string of the molecule is CCCC(CC)NCC1(CCO)CCC1. The fraction of sp³-hybridized carbons (Fsp3) is 1.00. The van der Waals surface area contributed by atoms with Crippen LogP contribution < -0.4 is 5.32 Å². The molecule has 2 N–H and O–H groups in total. The van der Waals surface area contributed by atoms with Crippen LogP contribution in [0.3, 0.4) is 0 Å². The highest BCUT2D eigenvalue weighted by molar-refractivity contribution is 4.90. The van der Waals surface area contributed by atoms with Crippen LogP contribution in [0.2, 0.25) is 0 Å². The Morgan fingerprint density at radius 1 is 1.33 bits per heavy atom. The molecule has 0 radical (unpaired) electrons. The fourth-order valence-corrected chi connectivity index (χ4v) is 2.59. The summed E-state index contributed by atoms with van der Waals surface area (Å²) < 4.78 is 0. The molecule has 1 saturated carbocycles. The van der Waals surface area contributed by atoms with Gasteiger partial charge in [-0.15, -0.1) is 0 Å². The highest BCUT2D eigenvalue weighted by Gasteiger charge is 2.36. The molecule has 90 valence electrons. The maximum absolute atomic E-state index is 9.06. The third-order valence-electron chi connectivity index (χ3n) is 3.95. The summed E-state index contributed by atoms with van der Waals surface area (Å²) in [4.78, 5) is 0. The van der Waals surface area contributed by atoms with Crippen molar-refractivity contribution in [3.63, 3.8) is 0 Å². The molecule has 1 fully saturated rings. The lowest BCUT2D eigenvalue weighted by atomic mass is 9.66. The molecule has 0 spiro atoms. The number of rotatable bonds is 8. The van der Waals surface area contributed by atoms with Gasteiger partial charge in [0.25, 0.3) is 0 Å². The molecule has 0 aliphatic heterocycles. The van der Waals surface area contributed by atoms with Gasteiger partial charge < -0.3 is 10.4 Å². The number of hydrogen-bond donors (Lipinski definition) is 2. The van der Waals surface area contributed by atoms with Crippen molar-refractivity contribution in [3.8, 4) is 0 Å². The van der Waals surface area contributed by atoms with Crippen LogP contribution in [0.1, 0.15) is 58.8 Å². The van der Waals surface area contributed by atoms with Crippen molar-refractivity contribution in [2.75, 3.05) is 13.2 Å². The van der Waals surface area contributed by atoms with Gasteiger partial charge in [0.05, 0.1) is 0 Å². The van der Waals surface area contributed by atoms with Crippen molar-refractivity contribution in [2.45, 2.75) is 64.8 Å². The van der Waals surface area contributed by atoms with Gasteiger partial charge in [0.2, 0.25) is 0 Å². The maximum Gasteiger partial charge on any atom is 0.0436 e. The Balaban J connectivity index is 2.26. The van der Waals surface area contributed by atoms with E-state index >= 15 is 0 Å². The van der Waals surface area contributed by atoms with E-state index in [1.165, 1.54) is 38.5 Å². The summed E-state index contributed by atoms with van der Waals surface area (Å²) in [5.74, 6) is 0. The van der Waals surface area contributed by atoms with Crippen molar-refractivity contribution in [1.82, 2.24) is 5.32 Å². The Hall–Kier alpha value is -0.0800. The average molecular weight is 213 g/mol. The Bertz CT molecular complexity index is 166. The minimum atomic E-state index is 0.353. The lowest BCUT2D eigenvalue weighted by molar-refractivity contribution is 0.0819. The van der Waals surface area contributed by atoms with Gasteiger partial charge in [-0.25, -0.2) is 0 Å². The Morgan fingerprint density at radius 3 is 2.47 bits per heavy atom. The van der Waals surface area contributed by atoms with Gasteiger partial charge in [0.15, 0.2) is 0 Å². The van der Waals surface area contributed by atoms with E-state index < -0.39 is 0 Å². The summed E-state index contributed by atoms with van der Waals surface area (Å²) in [5.41, 5.74) is 0.440.